The number of aromatic nitrogens is 3. The predicted octanol–water partition coefficient (Wildman–Crippen LogP) is 2.54. The Bertz CT molecular complexity index is 1170. The van der Waals surface area contributed by atoms with E-state index in [9.17, 15) is 5.11 Å². The predicted molar refractivity (Wildman–Crippen MR) is 112 cm³/mol. The molecule has 1 aliphatic heterocycles. The van der Waals surface area contributed by atoms with Crippen molar-refractivity contribution in [2.45, 2.75) is 25.9 Å². The molecule has 2 atom stereocenters. The monoisotopic (exact) mass is 407 g/mol. The van der Waals surface area contributed by atoms with E-state index in [-0.39, 0.29) is 11.9 Å². The fourth-order valence-corrected chi connectivity index (χ4v) is 5.44. The van der Waals surface area contributed by atoms with Crippen LogP contribution in [0.4, 0.5) is 0 Å². The average Bonchev–Trinajstić information content (AvgIpc) is 3.26. The molecule has 0 fully saturated rings. The molecule has 4 aromatic rings. The van der Waals surface area contributed by atoms with Crippen LogP contribution in [-0.2, 0) is 13.0 Å². The van der Waals surface area contributed by atoms with Gasteiger partial charge >= 0.3 is 0 Å². The SMILES string of the molecule is COc1ccc([C@@H](c2sc3nc(C)nn3c2O)[NH+]2CCc3ccccc3C2)cc1. The molecular formula is C22H23N4O2S+. The highest BCUT2D eigenvalue weighted by atomic mass is 32.1. The summed E-state index contributed by atoms with van der Waals surface area (Å²) in [6, 6.07) is 16.8. The molecule has 0 bridgehead atoms. The Labute approximate surface area is 173 Å². The molecule has 1 unspecified atom stereocenters. The van der Waals surface area contributed by atoms with Crippen molar-refractivity contribution in [1.82, 2.24) is 14.6 Å². The van der Waals surface area contributed by atoms with Crippen molar-refractivity contribution in [3.05, 3.63) is 75.9 Å². The fourth-order valence-electron chi connectivity index (χ4n) is 4.25. The maximum atomic E-state index is 11.0. The van der Waals surface area contributed by atoms with Crippen LogP contribution in [0.2, 0.25) is 0 Å². The quantitative estimate of drug-likeness (QED) is 0.546. The summed E-state index contributed by atoms with van der Waals surface area (Å²) in [6.07, 6.45) is 1.03. The van der Waals surface area contributed by atoms with E-state index in [1.165, 1.54) is 27.4 Å². The molecule has 0 aliphatic carbocycles. The zero-order valence-electron chi connectivity index (χ0n) is 16.4. The van der Waals surface area contributed by atoms with E-state index in [4.69, 9.17) is 4.74 Å². The molecule has 0 spiro atoms. The first kappa shape index (κ1) is 18.1. The highest BCUT2D eigenvalue weighted by Crippen LogP contribution is 2.36. The maximum Gasteiger partial charge on any atom is 0.235 e. The molecule has 29 heavy (non-hydrogen) atoms. The molecule has 2 aromatic heterocycles. The number of aromatic hydroxyl groups is 1. The van der Waals surface area contributed by atoms with Gasteiger partial charge in [0.25, 0.3) is 0 Å². The number of rotatable bonds is 4. The number of quaternary nitrogens is 1. The van der Waals surface area contributed by atoms with Crippen LogP contribution in [0.1, 0.15) is 33.4 Å². The number of hydrogen-bond donors (Lipinski definition) is 2. The standard InChI is InChI=1S/C22H22N4O2S/c1-14-23-22-26(24-14)21(27)20(29-22)19(16-7-9-18(28-2)10-8-16)25-12-11-15-5-3-4-6-17(15)13-25/h3-10,19,27H,11-13H2,1-2H3/p+1/t19-/m0/s1. The molecule has 0 saturated heterocycles. The van der Waals surface area contributed by atoms with Crippen molar-refractivity contribution in [2.75, 3.05) is 13.7 Å². The number of benzene rings is 2. The molecule has 2 aromatic carbocycles. The van der Waals surface area contributed by atoms with Crippen LogP contribution in [0.5, 0.6) is 11.6 Å². The minimum absolute atomic E-state index is 0.00284. The highest BCUT2D eigenvalue weighted by molar-refractivity contribution is 7.17. The van der Waals surface area contributed by atoms with Crippen LogP contribution in [-0.4, -0.2) is 33.4 Å². The minimum Gasteiger partial charge on any atom is -0.497 e. The summed E-state index contributed by atoms with van der Waals surface area (Å²) in [5, 5.41) is 15.3. The van der Waals surface area contributed by atoms with Gasteiger partial charge in [-0.1, -0.05) is 35.6 Å². The Morgan fingerprint density at radius 1 is 1.14 bits per heavy atom. The summed E-state index contributed by atoms with van der Waals surface area (Å²) in [5.74, 6) is 1.69. The molecule has 2 N–H and O–H groups in total. The zero-order valence-corrected chi connectivity index (χ0v) is 17.2. The second-order valence-electron chi connectivity index (χ2n) is 7.45. The fraction of sp³-hybridized carbons (Fsp3) is 0.273. The van der Waals surface area contributed by atoms with E-state index < -0.39 is 0 Å². The first-order valence-electron chi connectivity index (χ1n) is 9.74. The topological polar surface area (TPSA) is 64.1 Å². The summed E-state index contributed by atoms with van der Waals surface area (Å²) in [4.78, 5) is 7.50. The van der Waals surface area contributed by atoms with Crippen LogP contribution < -0.4 is 9.64 Å². The Balaban J connectivity index is 1.60. The average molecular weight is 408 g/mol. The molecule has 0 amide bonds. The Kier molecular flexibility index (Phi) is 4.49. The van der Waals surface area contributed by atoms with Gasteiger partial charge in [-0.05, 0) is 36.8 Å². The third-order valence-electron chi connectivity index (χ3n) is 5.68. The lowest BCUT2D eigenvalue weighted by molar-refractivity contribution is -0.940. The smallest absolute Gasteiger partial charge is 0.235 e. The number of hydrogen-bond acceptors (Lipinski definition) is 5. The van der Waals surface area contributed by atoms with Gasteiger partial charge in [0, 0.05) is 17.5 Å². The summed E-state index contributed by atoms with van der Waals surface area (Å²) in [5.41, 5.74) is 3.95. The van der Waals surface area contributed by atoms with Crippen LogP contribution in [0.3, 0.4) is 0 Å². The van der Waals surface area contributed by atoms with Gasteiger partial charge in [0.05, 0.1) is 13.7 Å². The van der Waals surface area contributed by atoms with Gasteiger partial charge in [0.15, 0.2) is 6.04 Å². The zero-order chi connectivity index (χ0) is 20.0. The number of thiazole rings is 1. The number of ether oxygens (including phenoxy) is 1. The van der Waals surface area contributed by atoms with Gasteiger partial charge in [0.2, 0.25) is 10.8 Å². The summed E-state index contributed by atoms with van der Waals surface area (Å²) in [7, 11) is 1.67. The molecule has 0 radical (unpaired) electrons. The van der Waals surface area contributed by atoms with Crippen LogP contribution in [0.25, 0.3) is 4.96 Å². The van der Waals surface area contributed by atoms with Crippen molar-refractivity contribution >= 4 is 16.3 Å². The van der Waals surface area contributed by atoms with Gasteiger partial charge in [-0.25, -0.2) is 4.98 Å². The van der Waals surface area contributed by atoms with Crippen molar-refractivity contribution in [2.24, 2.45) is 0 Å². The summed E-state index contributed by atoms with van der Waals surface area (Å²) < 4.78 is 6.90. The number of nitrogens with one attached hydrogen (secondary N) is 1. The third-order valence-corrected chi connectivity index (χ3v) is 6.76. The van der Waals surface area contributed by atoms with Gasteiger partial charge in [-0.2, -0.15) is 4.52 Å². The number of aryl methyl sites for hydroxylation is 1. The largest absolute Gasteiger partial charge is 0.497 e. The van der Waals surface area contributed by atoms with E-state index >= 15 is 0 Å². The third kappa shape index (κ3) is 3.16. The molecule has 6 nitrogen and oxygen atoms in total. The second kappa shape index (κ2) is 7.17. The molecule has 0 saturated carbocycles. The maximum absolute atomic E-state index is 11.0. The summed E-state index contributed by atoms with van der Waals surface area (Å²) in [6.45, 7) is 3.76. The Morgan fingerprint density at radius 3 is 2.62 bits per heavy atom. The van der Waals surface area contributed by atoms with E-state index in [2.05, 4.69) is 46.5 Å². The summed E-state index contributed by atoms with van der Waals surface area (Å²) >= 11 is 1.52. The minimum atomic E-state index is 0.00284. The Morgan fingerprint density at radius 2 is 1.90 bits per heavy atom. The normalized spacial score (nSPS) is 17.2. The van der Waals surface area contributed by atoms with Gasteiger partial charge in [-0.3, -0.25) is 0 Å². The van der Waals surface area contributed by atoms with E-state index in [1.807, 2.05) is 19.1 Å². The van der Waals surface area contributed by atoms with Crippen LogP contribution in [0, 0.1) is 6.92 Å². The molecule has 5 rings (SSSR count). The van der Waals surface area contributed by atoms with Crippen molar-refractivity contribution < 1.29 is 14.7 Å². The first-order valence-corrected chi connectivity index (χ1v) is 10.6. The van der Waals surface area contributed by atoms with Gasteiger partial charge in [-0.15, -0.1) is 5.10 Å². The molecule has 148 valence electrons. The lowest BCUT2D eigenvalue weighted by Gasteiger charge is -2.32. The van der Waals surface area contributed by atoms with Crippen molar-refractivity contribution in [3.63, 3.8) is 0 Å². The molecule has 7 heteroatoms. The lowest BCUT2D eigenvalue weighted by Crippen LogP contribution is -3.12. The highest BCUT2D eigenvalue weighted by Gasteiger charge is 2.34. The number of fused-ring (bicyclic) bond motifs is 2. The van der Waals surface area contributed by atoms with E-state index in [1.54, 1.807) is 11.6 Å². The number of nitrogens with zero attached hydrogens (tertiary/aromatic N) is 3. The van der Waals surface area contributed by atoms with Gasteiger partial charge in [0.1, 0.15) is 23.0 Å². The second-order valence-corrected chi connectivity index (χ2v) is 8.46. The van der Waals surface area contributed by atoms with E-state index in [0.717, 1.165) is 40.7 Å². The van der Waals surface area contributed by atoms with E-state index in [0.29, 0.717) is 5.82 Å². The van der Waals surface area contributed by atoms with Crippen molar-refractivity contribution in [1.29, 1.82) is 0 Å². The molecular weight excluding hydrogens is 384 g/mol. The lowest BCUT2D eigenvalue weighted by atomic mass is 9.95. The molecule has 3 heterocycles. The van der Waals surface area contributed by atoms with Crippen molar-refractivity contribution in [3.8, 4) is 11.6 Å². The Hall–Kier alpha value is -2.90. The number of methoxy groups -OCH3 is 1. The van der Waals surface area contributed by atoms with Gasteiger partial charge < -0.3 is 14.7 Å². The first-order chi connectivity index (χ1) is 14.1. The van der Waals surface area contributed by atoms with Crippen LogP contribution in [0.15, 0.2) is 48.5 Å². The van der Waals surface area contributed by atoms with Crippen LogP contribution >= 0.6 is 11.3 Å². The molecule has 1 aliphatic rings.